The van der Waals surface area contributed by atoms with Gasteiger partial charge in [0, 0.05) is 38.0 Å². The van der Waals surface area contributed by atoms with Crippen LogP contribution in [0, 0.1) is 6.92 Å². The molecule has 2 aromatic heterocycles. The summed E-state index contributed by atoms with van der Waals surface area (Å²) in [6.07, 6.45) is 3.36. The number of fused-ring (bicyclic) bond motifs is 1. The Morgan fingerprint density at radius 3 is 3.07 bits per heavy atom. The molecule has 2 aliphatic rings. The lowest BCUT2D eigenvalue weighted by molar-refractivity contribution is 0.0511. The van der Waals surface area contributed by atoms with Crippen LogP contribution in [0.1, 0.15) is 30.8 Å². The predicted octanol–water partition coefficient (Wildman–Crippen LogP) is 2.30. The number of guanidine groups is 1. The van der Waals surface area contributed by atoms with E-state index in [9.17, 15) is 4.39 Å². The minimum absolute atomic E-state index is 0.240. The molecule has 0 saturated carbocycles. The van der Waals surface area contributed by atoms with Gasteiger partial charge in [-0.2, -0.15) is 10.1 Å². The zero-order valence-corrected chi connectivity index (χ0v) is 15.7. The first kappa shape index (κ1) is 18.0. The summed E-state index contributed by atoms with van der Waals surface area (Å²) in [5.74, 6) is 1.40. The van der Waals surface area contributed by atoms with Gasteiger partial charge in [-0.1, -0.05) is 0 Å². The van der Waals surface area contributed by atoms with Crippen molar-refractivity contribution in [3.05, 3.63) is 29.7 Å². The fourth-order valence-corrected chi connectivity index (χ4v) is 3.54. The Morgan fingerprint density at radius 2 is 2.30 bits per heavy atom. The van der Waals surface area contributed by atoms with Crippen molar-refractivity contribution in [1.82, 2.24) is 25.0 Å². The molecule has 0 bridgehead atoms. The van der Waals surface area contributed by atoms with Crippen molar-refractivity contribution in [2.24, 2.45) is 4.99 Å². The molecule has 2 aliphatic heterocycles. The summed E-state index contributed by atoms with van der Waals surface area (Å²) in [5, 5.41) is 11.0. The molecular formula is C18H26FN7O. The van der Waals surface area contributed by atoms with Crippen LogP contribution in [0.2, 0.25) is 0 Å². The molecule has 8 nitrogen and oxygen atoms in total. The standard InChI is InChI=1S/C18H26FN7O/c1-3-27-17-14-4-6-20-16(14)23-18(24-17)22-15-10-21-26(12(15)2)9-8-25-7-5-13(19)11-25/h4,6,10,13,17,20H,3,5,7-9,11H2,1-2H3,(H2,22,23,24)/t13-,17?/m1/s1. The molecule has 2 atom stereocenters. The van der Waals surface area contributed by atoms with Gasteiger partial charge < -0.3 is 20.4 Å². The number of aliphatic imine (C=N–C) groups is 1. The highest BCUT2D eigenvalue weighted by molar-refractivity contribution is 5.96. The van der Waals surface area contributed by atoms with E-state index in [0.29, 0.717) is 25.5 Å². The number of hydrogen-bond donors (Lipinski definition) is 3. The maximum atomic E-state index is 13.3. The van der Waals surface area contributed by atoms with Crippen molar-refractivity contribution in [3.8, 4) is 0 Å². The zero-order chi connectivity index (χ0) is 18.8. The molecule has 1 unspecified atom stereocenters. The number of H-pyrrole nitrogens is 1. The lowest BCUT2D eigenvalue weighted by Crippen LogP contribution is -2.37. The van der Waals surface area contributed by atoms with Gasteiger partial charge in [-0.05, 0) is 26.3 Å². The normalized spacial score (nSPS) is 22.4. The van der Waals surface area contributed by atoms with E-state index in [4.69, 9.17) is 4.74 Å². The molecule has 9 heteroatoms. The number of alkyl halides is 1. The van der Waals surface area contributed by atoms with Gasteiger partial charge >= 0.3 is 0 Å². The van der Waals surface area contributed by atoms with E-state index in [1.54, 1.807) is 6.20 Å². The largest absolute Gasteiger partial charge is 0.354 e. The molecule has 0 amide bonds. The quantitative estimate of drug-likeness (QED) is 0.722. The molecule has 0 aliphatic carbocycles. The van der Waals surface area contributed by atoms with Crippen molar-refractivity contribution in [2.45, 2.75) is 39.2 Å². The van der Waals surface area contributed by atoms with Gasteiger partial charge in [0.2, 0.25) is 5.96 Å². The molecule has 2 aromatic rings. The fourth-order valence-electron chi connectivity index (χ4n) is 3.54. The third-order valence-corrected chi connectivity index (χ3v) is 5.06. The van der Waals surface area contributed by atoms with Crippen LogP contribution in [-0.4, -0.2) is 58.0 Å². The second-order valence-corrected chi connectivity index (χ2v) is 6.90. The second-order valence-electron chi connectivity index (χ2n) is 6.90. The Balaban J connectivity index is 1.42. The Labute approximate surface area is 157 Å². The highest BCUT2D eigenvalue weighted by Crippen LogP contribution is 2.29. The van der Waals surface area contributed by atoms with Crippen LogP contribution in [0.15, 0.2) is 23.5 Å². The lowest BCUT2D eigenvalue weighted by atomic mass is 10.2. The molecular weight excluding hydrogens is 349 g/mol. The summed E-state index contributed by atoms with van der Waals surface area (Å²) in [7, 11) is 0. The van der Waals surface area contributed by atoms with Gasteiger partial charge in [-0.25, -0.2) is 4.39 Å². The van der Waals surface area contributed by atoms with Gasteiger partial charge in [0.15, 0.2) is 6.23 Å². The number of rotatable bonds is 6. The minimum atomic E-state index is -0.687. The number of aromatic nitrogens is 3. The third kappa shape index (κ3) is 3.84. The van der Waals surface area contributed by atoms with Gasteiger partial charge in [-0.15, -0.1) is 0 Å². The molecule has 0 spiro atoms. The number of ether oxygens (including phenoxy) is 1. The van der Waals surface area contributed by atoms with E-state index in [-0.39, 0.29) is 6.23 Å². The van der Waals surface area contributed by atoms with Crippen molar-refractivity contribution in [1.29, 1.82) is 0 Å². The van der Waals surface area contributed by atoms with Gasteiger partial charge in [-0.3, -0.25) is 9.58 Å². The molecule has 146 valence electrons. The Hall–Kier alpha value is -2.39. The fraction of sp³-hybridized carbons (Fsp3) is 0.556. The summed E-state index contributed by atoms with van der Waals surface area (Å²) in [4.78, 5) is 9.85. The molecule has 4 heterocycles. The van der Waals surface area contributed by atoms with Crippen molar-refractivity contribution < 1.29 is 9.13 Å². The summed E-state index contributed by atoms with van der Waals surface area (Å²) >= 11 is 0. The number of likely N-dealkylation sites (tertiary alicyclic amines) is 1. The third-order valence-electron chi connectivity index (χ3n) is 5.06. The lowest BCUT2D eigenvalue weighted by Gasteiger charge is -2.25. The highest BCUT2D eigenvalue weighted by atomic mass is 19.1. The van der Waals surface area contributed by atoms with E-state index in [1.165, 1.54) is 0 Å². The maximum absolute atomic E-state index is 13.3. The Bertz CT molecular complexity index is 814. The molecule has 1 fully saturated rings. The molecule has 0 radical (unpaired) electrons. The summed E-state index contributed by atoms with van der Waals surface area (Å²) in [6.45, 7) is 7.48. The molecule has 4 rings (SSSR count). The maximum Gasteiger partial charge on any atom is 0.204 e. The number of aromatic amines is 1. The van der Waals surface area contributed by atoms with Crippen LogP contribution in [0.25, 0.3) is 0 Å². The summed E-state index contributed by atoms with van der Waals surface area (Å²) in [6, 6.07) is 1.96. The van der Waals surface area contributed by atoms with Crippen molar-refractivity contribution >= 4 is 17.5 Å². The number of hydrogen-bond acceptors (Lipinski definition) is 6. The molecule has 3 N–H and O–H groups in total. The summed E-state index contributed by atoms with van der Waals surface area (Å²) < 4.78 is 21.0. The second kappa shape index (κ2) is 7.69. The average molecular weight is 375 g/mol. The topological polar surface area (TPSA) is 82.5 Å². The monoisotopic (exact) mass is 375 g/mol. The average Bonchev–Trinajstić information content (AvgIpc) is 3.36. The van der Waals surface area contributed by atoms with Crippen molar-refractivity contribution in [2.75, 3.05) is 31.6 Å². The number of halogens is 1. The van der Waals surface area contributed by atoms with E-state index < -0.39 is 6.17 Å². The van der Waals surface area contributed by atoms with Crippen LogP contribution in [0.4, 0.5) is 15.9 Å². The minimum Gasteiger partial charge on any atom is -0.354 e. The molecule has 0 aromatic carbocycles. The first-order valence-electron chi connectivity index (χ1n) is 9.44. The smallest absolute Gasteiger partial charge is 0.204 e. The number of anilines is 1. The van der Waals surface area contributed by atoms with Crippen LogP contribution in [-0.2, 0) is 11.3 Å². The Morgan fingerprint density at radius 1 is 1.41 bits per heavy atom. The summed E-state index contributed by atoms with van der Waals surface area (Å²) in [5.41, 5.74) is 2.89. The number of nitrogens with one attached hydrogen (secondary N) is 3. The number of nitrogens with zero attached hydrogens (tertiary/aromatic N) is 4. The van der Waals surface area contributed by atoms with Crippen LogP contribution < -0.4 is 10.6 Å². The van der Waals surface area contributed by atoms with Crippen LogP contribution in [0.5, 0.6) is 0 Å². The van der Waals surface area contributed by atoms with E-state index in [2.05, 4.69) is 30.6 Å². The highest BCUT2D eigenvalue weighted by Gasteiger charge is 2.24. The van der Waals surface area contributed by atoms with E-state index >= 15 is 0 Å². The van der Waals surface area contributed by atoms with E-state index in [0.717, 1.165) is 42.4 Å². The first-order valence-corrected chi connectivity index (χ1v) is 9.44. The predicted molar refractivity (Wildman–Crippen MR) is 102 cm³/mol. The van der Waals surface area contributed by atoms with Gasteiger partial charge in [0.1, 0.15) is 12.0 Å². The van der Waals surface area contributed by atoms with Crippen LogP contribution in [0.3, 0.4) is 0 Å². The molecule has 1 saturated heterocycles. The molecule has 27 heavy (non-hydrogen) atoms. The van der Waals surface area contributed by atoms with Crippen LogP contribution >= 0.6 is 0 Å². The Kier molecular flexibility index (Phi) is 5.13. The van der Waals surface area contributed by atoms with Crippen molar-refractivity contribution in [3.63, 3.8) is 0 Å². The van der Waals surface area contributed by atoms with E-state index in [1.807, 2.05) is 30.8 Å². The van der Waals surface area contributed by atoms with Gasteiger partial charge in [0.05, 0.1) is 24.1 Å². The van der Waals surface area contributed by atoms with Gasteiger partial charge in [0.25, 0.3) is 0 Å². The SMILES string of the molecule is CCOC1NC(Nc2cnn(CCN3CC[C@@H](F)C3)c2C)=Nc2[nH]ccc21. The zero-order valence-electron chi connectivity index (χ0n) is 15.7. The first-order chi connectivity index (χ1) is 13.1.